The molecule has 3 rings (SSSR count). The lowest BCUT2D eigenvalue weighted by Crippen LogP contribution is -2.54. The zero-order chi connectivity index (χ0) is 31.0. The number of carbonyl (C=O) groups is 2. The molecule has 0 aliphatic heterocycles. The minimum Gasteiger partial charge on any atom is -0.354 e. The minimum absolute atomic E-state index is 0.0879. The third-order valence-electron chi connectivity index (χ3n) is 6.43. The maximum Gasteiger partial charge on any atom is 0.304 e. The van der Waals surface area contributed by atoms with Gasteiger partial charge < -0.3 is 10.2 Å². The van der Waals surface area contributed by atoms with Crippen molar-refractivity contribution in [3.05, 3.63) is 99.8 Å². The van der Waals surface area contributed by atoms with E-state index in [-0.39, 0.29) is 29.6 Å². The van der Waals surface area contributed by atoms with E-state index in [4.69, 9.17) is 23.2 Å². The zero-order valence-corrected chi connectivity index (χ0v) is 26.3. The molecule has 3 aromatic carbocycles. The van der Waals surface area contributed by atoms with Crippen LogP contribution in [0.2, 0.25) is 10.0 Å². The lowest BCUT2D eigenvalue weighted by Gasteiger charge is -2.34. The van der Waals surface area contributed by atoms with Crippen LogP contribution >= 0.6 is 23.2 Å². The van der Waals surface area contributed by atoms with E-state index in [1.165, 1.54) is 37.2 Å². The SMILES string of the molecule is CC(C)CNC(=O)[C@@H](Cc1ccccc1)N(Cc1ccc(Cl)c(Cl)c1)C(=O)CN(c1ccccc1F)S(=O)(=O)N(C)C. The molecule has 0 saturated heterocycles. The third kappa shape index (κ3) is 8.67. The first-order chi connectivity index (χ1) is 19.8. The number of para-hydroxylation sites is 1. The Labute approximate surface area is 257 Å². The summed E-state index contributed by atoms with van der Waals surface area (Å²) in [6, 6.07) is 18.3. The molecule has 0 spiro atoms. The van der Waals surface area contributed by atoms with Crippen molar-refractivity contribution in [2.75, 3.05) is 31.5 Å². The van der Waals surface area contributed by atoms with E-state index in [1.54, 1.807) is 18.2 Å². The zero-order valence-electron chi connectivity index (χ0n) is 23.9. The summed E-state index contributed by atoms with van der Waals surface area (Å²) in [6.07, 6.45) is 0.151. The monoisotopic (exact) mass is 636 g/mol. The number of hydrogen-bond acceptors (Lipinski definition) is 4. The average Bonchev–Trinajstić information content (AvgIpc) is 2.94. The smallest absolute Gasteiger partial charge is 0.304 e. The van der Waals surface area contributed by atoms with Crippen LogP contribution in [0.3, 0.4) is 0 Å². The second-order valence-corrected chi connectivity index (χ2v) is 13.2. The van der Waals surface area contributed by atoms with Crippen LogP contribution in [-0.2, 0) is 32.8 Å². The van der Waals surface area contributed by atoms with Gasteiger partial charge in [-0.05, 0) is 41.3 Å². The van der Waals surface area contributed by atoms with Crippen LogP contribution in [-0.4, -0.2) is 62.7 Å². The predicted molar refractivity (Wildman–Crippen MR) is 165 cm³/mol. The Morgan fingerprint density at radius 1 is 0.905 bits per heavy atom. The Morgan fingerprint density at radius 2 is 1.55 bits per heavy atom. The number of hydrogen-bond donors (Lipinski definition) is 1. The van der Waals surface area contributed by atoms with Crippen LogP contribution in [0.1, 0.15) is 25.0 Å². The third-order valence-corrected chi connectivity index (χ3v) is 8.98. The lowest BCUT2D eigenvalue weighted by atomic mass is 10.0. The largest absolute Gasteiger partial charge is 0.354 e. The molecule has 42 heavy (non-hydrogen) atoms. The van der Waals surface area contributed by atoms with E-state index in [0.29, 0.717) is 21.4 Å². The molecular formula is C30H35Cl2FN4O4S. The van der Waals surface area contributed by atoms with Gasteiger partial charge in [-0.2, -0.15) is 12.7 Å². The van der Waals surface area contributed by atoms with Crippen molar-refractivity contribution in [2.24, 2.45) is 5.92 Å². The van der Waals surface area contributed by atoms with Crippen LogP contribution in [0.25, 0.3) is 0 Å². The average molecular weight is 638 g/mol. The first kappa shape index (κ1) is 33.3. The first-order valence-corrected chi connectivity index (χ1v) is 15.5. The molecular weight excluding hydrogens is 602 g/mol. The summed E-state index contributed by atoms with van der Waals surface area (Å²) in [4.78, 5) is 29.2. The number of halogens is 3. The summed E-state index contributed by atoms with van der Waals surface area (Å²) >= 11 is 12.4. The molecule has 0 saturated carbocycles. The maximum atomic E-state index is 14.9. The molecule has 0 bridgehead atoms. The number of amides is 2. The van der Waals surface area contributed by atoms with Crippen LogP contribution in [0, 0.1) is 11.7 Å². The van der Waals surface area contributed by atoms with Gasteiger partial charge in [0.2, 0.25) is 11.8 Å². The quantitative estimate of drug-likeness (QED) is 0.281. The maximum absolute atomic E-state index is 14.9. The van der Waals surface area contributed by atoms with Crippen molar-refractivity contribution in [2.45, 2.75) is 32.9 Å². The highest BCUT2D eigenvalue weighted by Crippen LogP contribution is 2.26. The van der Waals surface area contributed by atoms with Crippen molar-refractivity contribution >= 4 is 50.9 Å². The fourth-order valence-electron chi connectivity index (χ4n) is 4.17. The molecule has 0 fully saturated rings. The number of nitrogens with one attached hydrogen (secondary N) is 1. The molecule has 2 amide bonds. The Kier molecular flexibility index (Phi) is 11.8. The predicted octanol–water partition coefficient (Wildman–Crippen LogP) is 5.16. The topological polar surface area (TPSA) is 90.0 Å². The van der Waals surface area contributed by atoms with Crippen molar-refractivity contribution in [1.82, 2.24) is 14.5 Å². The van der Waals surface area contributed by atoms with E-state index in [2.05, 4.69) is 5.32 Å². The molecule has 0 unspecified atom stereocenters. The molecule has 0 aliphatic carbocycles. The number of rotatable bonds is 13. The van der Waals surface area contributed by atoms with Crippen LogP contribution in [0.15, 0.2) is 72.8 Å². The van der Waals surface area contributed by atoms with E-state index in [9.17, 15) is 22.4 Å². The molecule has 0 aliphatic rings. The van der Waals surface area contributed by atoms with Crippen LogP contribution in [0.4, 0.5) is 10.1 Å². The van der Waals surface area contributed by atoms with Gasteiger partial charge in [-0.3, -0.25) is 9.59 Å². The number of anilines is 1. The van der Waals surface area contributed by atoms with Gasteiger partial charge in [0.1, 0.15) is 18.4 Å². The standard InChI is InChI=1S/C30H35Cl2FN4O4S/c1-21(2)18-34-30(39)28(17-22-10-6-5-7-11-22)36(19-23-14-15-24(31)25(32)16-23)29(38)20-37(42(40,41)35(3)4)27-13-9-8-12-26(27)33/h5-16,21,28H,17-20H2,1-4H3,(H,34,39)/t28-/m1/s1. The van der Waals surface area contributed by atoms with Gasteiger partial charge in [0.25, 0.3) is 0 Å². The van der Waals surface area contributed by atoms with Crippen LogP contribution < -0.4 is 9.62 Å². The van der Waals surface area contributed by atoms with Crippen molar-refractivity contribution < 1.29 is 22.4 Å². The van der Waals surface area contributed by atoms with Crippen molar-refractivity contribution in [3.63, 3.8) is 0 Å². The van der Waals surface area contributed by atoms with Gasteiger partial charge in [-0.1, -0.05) is 85.6 Å². The summed E-state index contributed by atoms with van der Waals surface area (Å²) in [5, 5.41) is 3.48. The lowest BCUT2D eigenvalue weighted by molar-refractivity contribution is -0.140. The van der Waals surface area contributed by atoms with E-state index < -0.39 is 40.4 Å². The summed E-state index contributed by atoms with van der Waals surface area (Å²) < 4.78 is 43.2. The molecule has 0 heterocycles. The molecule has 0 aromatic heterocycles. The van der Waals surface area contributed by atoms with Gasteiger partial charge in [0, 0.05) is 33.6 Å². The Bertz CT molecular complexity index is 1490. The molecule has 8 nitrogen and oxygen atoms in total. The second kappa shape index (κ2) is 14.8. The van der Waals surface area contributed by atoms with Crippen LogP contribution in [0.5, 0.6) is 0 Å². The molecule has 3 aromatic rings. The molecule has 12 heteroatoms. The van der Waals surface area contributed by atoms with E-state index in [0.717, 1.165) is 15.9 Å². The molecule has 0 radical (unpaired) electrons. The van der Waals surface area contributed by atoms with Gasteiger partial charge in [0.15, 0.2) is 0 Å². The highest BCUT2D eigenvalue weighted by molar-refractivity contribution is 7.90. The van der Waals surface area contributed by atoms with E-state index >= 15 is 0 Å². The first-order valence-electron chi connectivity index (χ1n) is 13.3. The fourth-order valence-corrected chi connectivity index (χ4v) is 5.55. The van der Waals surface area contributed by atoms with Gasteiger partial charge in [0.05, 0.1) is 15.7 Å². The summed E-state index contributed by atoms with van der Waals surface area (Å²) in [7, 11) is -1.73. The number of benzene rings is 3. The molecule has 226 valence electrons. The Morgan fingerprint density at radius 3 is 2.14 bits per heavy atom. The molecule has 1 atom stereocenters. The highest BCUT2D eigenvalue weighted by atomic mass is 35.5. The Balaban J connectivity index is 2.12. The van der Waals surface area contributed by atoms with Crippen molar-refractivity contribution in [3.8, 4) is 0 Å². The van der Waals surface area contributed by atoms with E-state index in [1.807, 2.05) is 44.2 Å². The van der Waals surface area contributed by atoms with Gasteiger partial charge >= 0.3 is 10.2 Å². The van der Waals surface area contributed by atoms with Gasteiger partial charge in [-0.15, -0.1) is 0 Å². The Hall–Kier alpha value is -3.18. The summed E-state index contributed by atoms with van der Waals surface area (Å²) in [5.74, 6) is -1.79. The fraction of sp³-hybridized carbons (Fsp3) is 0.333. The second-order valence-electron chi connectivity index (χ2n) is 10.4. The van der Waals surface area contributed by atoms with Gasteiger partial charge in [-0.25, -0.2) is 8.70 Å². The molecule has 1 N–H and O–H groups in total. The highest BCUT2D eigenvalue weighted by Gasteiger charge is 2.35. The summed E-state index contributed by atoms with van der Waals surface area (Å²) in [6.45, 7) is 3.42. The van der Waals surface area contributed by atoms with Crippen molar-refractivity contribution in [1.29, 1.82) is 0 Å². The number of carbonyl (C=O) groups excluding carboxylic acids is 2. The minimum atomic E-state index is -4.31. The normalized spacial score (nSPS) is 12.3. The summed E-state index contributed by atoms with van der Waals surface area (Å²) in [5.41, 5.74) is 1.07. The number of nitrogens with zero attached hydrogens (tertiary/aromatic N) is 3.